The Morgan fingerprint density at radius 1 is 1.00 bits per heavy atom. The van der Waals surface area contributed by atoms with E-state index in [1.54, 1.807) is 22.7 Å². The molecule has 0 aliphatic carbocycles. The first-order chi connectivity index (χ1) is 4.75. The molecule has 0 saturated carbocycles. The van der Waals surface area contributed by atoms with Crippen molar-refractivity contribution in [1.29, 1.82) is 0 Å². The van der Waals surface area contributed by atoms with Gasteiger partial charge in [0.25, 0.3) is 0 Å². The summed E-state index contributed by atoms with van der Waals surface area (Å²) in [6.45, 7) is 0. The Balaban J connectivity index is 2.83. The summed E-state index contributed by atoms with van der Waals surface area (Å²) in [5.74, 6) is 0. The van der Waals surface area contributed by atoms with Crippen LogP contribution < -0.4 is 0 Å². The van der Waals surface area contributed by atoms with Gasteiger partial charge in [-0.05, 0) is 12.1 Å². The Hall–Kier alpha value is 0.240. The maximum atomic E-state index is 5.76. The molecule has 4 heteroatoms. The topological polar surface area (TPSA) is 0 Å². The Labute approximate surface area is 76.0 Å². The monoisotopic (exact) mass is 208 g/mol. The van der Waals surface area contributed by atoms with Crippen LogP contribution in [0.5, 0.6) is 0 Å². The van der Waals surface area contributed by atoms with Crippen LogP contribution >= 0.6 is 45.9 Å². The first-order valence-electron chi connectivity index (χ1n) is 2.60. The van der Waals surface area contributed by atoms with Crippen LogP contribution in [0.25, 0.3) is 9.40 Å². The third-order valence-electron chi connectivity index (χ3n) is 1.15. The molecule has 2 rings (SSSR count). The van der Waals surface area contributed by atoms with E-state index in [4.69, 9.17) is 23.2 Å². The zero-order chi connectivity index (χ0) is 7.14. The van der Waals surface area contributed by atoms with Gasteiger partial charge in [-0.15, -0.1) is 22.7 Å². The van der Waals surface area contributed by atoms with E-state index in [2.05, 4.69) is 0 Å². The molecule has 2 heterocycles. The van der Waals surface area contributed by atoms with E-state index in [-0.39, 0.29) is 0 Å². The molecule has 52 valence electrons. The summed E-state index contributed by atoms with van der Waals surface area (Å²) in [7, 11) is 0. The van der Waals surface area contributed by atoms with Crippen molar-refractivity contribution < 1.29 is 0 Å². The third kappa shape index (κ3) is 1.05. The normalized spacial score (nSPS) is 11.0. The first-order valence-corrected chi connectivity index (χ1v) is 4.99. The lowest BCUT2D eigenvalue weighted by atomic mass is 10.4. The summed E-state index contributed by atoms with van der Waals surface area (Å²) in [5, 5.41) is 1.16. The molecule has 2 aromatic heterocycles. The fourth-order valence-corrected chi connectivity index (χ4v) is 3.65. The molecule has 0 atom stereocenters. The van der Waals surface area contributed by atoms with Gasteiger partial charge < -0.3 is 0 Å². The zero-order valence-corrected chi connectivity index (χ0v) is 7.87. The van der Waals surface area contributed by atoms with Crippen molar-refractivity contribution in [1.82, 2.24) is 0 Å². The van der Waals surface area contributed by atoms with Gasteiger partial charge in [-0.2, -0.15) is 0 Å². The van der Waals surface area contributed by atoms with Gasteiger partial charge in [-0.25, -0.2) is 0 Å². The van der Waals surface area contributed by atoms with Crippen molar-refractivity contribution >= 4 is 55.3 Å². The lowest BCUT2D eigenvalue weighted by Gasteiger charge is -1.71. The van der Waals surface area contributed by atoms with Gasteiger partial charge in [-0.1, -0.05) is 23.2 Å². The zero-order valence-electron chi connectivity index (χ0n) is 4.73. The summed E-state index contributed by atoms with van der Waals surface area (Å²) < 4.78 is 2.87. The summed E-state index contributed by atoms with van der Waals surface area (Å²) in [4.78, 5) is 0. The van der Waals surface area contributed by atoms with Crippen molar-refractivity contribution in [3.63, 3.8) is 0 Å². The number of rotatable bonds is 0. The van der Waals surface area contributed by atoms with E-state index in [1.165, 1.54) is 4.01 Å². The SMILES string of the molecule is Clc1cc2cc(Cl)sc2s1. The van der Waals surface area contributed by atoms with Crippen LogP contribution in [0.15, 0.2) is 12.1 Å². The molecule has 0 unspecified atom stereocenters. The van der Waals surface area contributed by atoms with Crippen LogP contribution in [0.2, 0.25) is 8.67 Å². The average Bonchev–Trinajstić information content (AvgIpc) is 2.21. The fourth-order valence-electron chi connectivity index (χ4n) is 0.779. The Morgan fingerprint density at radius 2 is 1.50 bits per heavy atom. The van der Waals surface area contributed by atoms with Crippen LogP contribution in [-0.4, -0.2) is 0 Å². The summed E-state index contributed by atoms with van der Waals surface area (Å²) in [6.07, 6.45) is 0. The molecule has 0 N–H and O–H groups in total. The van der Waals surface area contributed by atoms with Gasteiger partial charge in [0.1, 0.15) is 0 Å². The minimum absolute atomic E-state index is 0.831. The minimum Gasteiger partial charge on any atom is -0.112 e. The second-order valence-electron chi connectivity index (χ2n) is 1.84. The van der Waals surface area contributed by atoms with Gasteiger partial charge in [0.15, 0.2) is 0 Å². The second kappa shape index (κ2) is 2.38. The highest BCUT2D eigenvalue weighted by Gasteiger charge is 2.02. The van der Waals surface area contributed by atoms with Gasteiger partial charge in [0.05, 0.1) is 12.7 Å². The van der Waals surface area contributed by atoms with E-state index < -0.39 is 0 Å². The predicted molar refractivity (Wildman–Crippen MR) is 49.7 cm³/mol. The molecular weight excluding hydrogens is 207 g/mol. The molecule has 0 aromatic carbocycles. The van der Waals surface area contributed by atoms with Crippen molar-refractivity contribution in [2.24, 2.45) is 0 Å². The molecule has 2 aromatic rings. The molecule has 0 bridgehead atoms. The van der Waals surface area contributed by atoms with E-state index >= 15 is 0 Å². The number of hydrogen-bond donors (Lipinski definition) is 0. The van der Waals surface area contributed by atoms with Crippen molar-refractivity contribution in [3.05, 3.63) is 20.8 Å². The Morgan fingerprint density at radius 3 is 1.90 bits per heavy atom. The van der Waals surface area contributed by atoms with Crippen LogP contribution in [0, 0.1) is 0 Å². The van der Waals surface area contributed by atoms with Gasteiger partial charge in [0.2, 0.25) is 0 Å². The minimum atomic E-state index is 0.831. The number of halogens is 2. The summed E-state index contributed by atoms with van der Waals surface area (Å²) in [6, 6.07) is 3.87. The largest absolute Gasteiger partial charge is 0.112 e. The molecule has 10 heavy (non-hydrogen) atoms. The van der Waals surface area contributed by atoms with Gasteiger partial charge in [-0.3, -0.25) is 0 Å². The molecule has 0 amide bonds. The lowest BCUT2D eigenvalue weighted by Crippen LogP contribution is -1.42. The molecule has 0 saturated heterocycles. The smallest absolute Gasteiger partial charge is 0.0949 e. The molecule has 0 aliphatic rings. The van der Waals surface area contributed by atoms with Gasteiger partial charge >= 0.3 is 0 Å². The van der Waals surface area contributed by atoms with E-state index in [0.29, 0.717) is 0 Å². The number of fused-ring (bicyclic) bond motifs is 1. The van der Waals surface area contributed by atoms with Crippen LogP contribution in [-0.2, 0) is 0 Å². The maximum absolute atomic E-state index is 5.76. The molecular formula is C6H2Cl2S2. The molecule has 0 fully saturated rings. The fraction of sp³-hybridized carbons (Fsp3) is 0. The van der Waals surface area contributed by atoms with E-state index in [0.717, 1.165) is 14.1 Å². The highest BCUT2D eigenvalue weighted by Crippen LogP contribution is 2.37. The highest BCUT2D eigenvalue weighted by atomic mass is 35.5. The van der Waals surface area contributed by atoms with E-state index in [1.807, 2.05) is 12.1 Å². The average molecular weight is 209 g/mol. The third-order valence-corrected chi connectivity index (χ3v) is 3.80. The standard InChI is InChI=1S/C6H2Cl2S2/c7-4-1-3-2-5(8)10-6(3)9-4/h1-2H. The summed E-state index contributed by atoms with van der Waals surface area (Å²) >= 11 is 14.7. The quantitative estimate of drug-likeness (QED) is 0.607. The summed E-state index contributed by atoms with van der Waals surface area (Å²) in [5.41, 5.74) is 0. The van der Waals surface area contributed by atoms with Crippen molar-refractivity contribution in [2.45, 2.75) is 0 Å². The number of hydrogen-bond acceptors (Lipinski definition) is 2. The lowest BCUT2D eigenvalue weighted by molar-refractivity contribution is 2.09. The molecule has 0 radical (unpaired) electrons. The first kappa shape index (κ1) is 6.92. The molecule has 0 spiro atoms. The molecule has 0 aliphatic heterocycles. The predicted octanol–water partition coefficient (Wildman–Crippen LogP) is 4.27. The van der Waals surface area contributed by atoms with Gasteiger partial charge in [0, 0.05) is 5.39 Å². The molecule has 0 nitrogen and oxygen atoms in total. The van der Waals surface area contributed by atoms with Crippen molar-refractivity contribution in [3.8, 4) is 0 Å². The second-order valence-corrected chi connectivity index (χ2v) is 5.47. The highest BCUT2D eigenvalue weighted by molar-refractivity contribution is 7.41. The van der Waals surface area contributed by atoms with Crippen LogP contribution in [0.1, 0.15) is 0 Å². The van der Waals surface area contributed by atoms with Crippen LogP contribution in [0.4, 0.5) is 0 Å². The van der Waals surface area contributed by atoms with Crippen molar-refractivity contribution in [2.75, 3.05) is 0 Å². The van der Waals surface area contributed by atoms with E-state index in [9.17, 15) is 0 Å². The van der Waals surface area contributed by atoms with Crippen LogP contribution in [0.3, 0.4) is 0 Å². The maximum Gasteiger partial charge on any atom is 0.0949 e. The number of thiophene rings is 2. The Bertz CT molecular complexity index is 298. The Kier molecular flexibility index (Phi) is 1.65.